The van der Waals surface area contributed by atoms with Crippen LogP contribution in [-0.2, 0) is 0 Å². The van der Waals surface area contributed by atoms with Crippen molar-refractivity contribution in [2.45, 2.75) is 71.3 Å². The van der Waals surface area contributed by atoms with Crippen molar-refractivity contribution in [3.8, 4) is 25.2 Å². The average molecular weight is 364 g/mol. The van der Waals surface area contributed by atoms with E-state index in [0.717, 1.165) is 17.9 Å². The van der Waals surface area contributed by atoms with E-state index in [4.69, 9.17) is 6.42 Å². The summed E-state index contributed by atoms with van der Waals surface area (Å²) in [6, 6.07) is 12.0. The second-order valence-corrected chi connectivity index (χ2v) is 7.06. The molecule has 1 heterocycles. The first-order valence-corrected chi connectivity index (χ1v) is 10.1. The summed E-state index contributed by atoms with van der Waals surface area (Å²) >= 11 is 0. The Balaban J connectivity index is 0.000000373. The van der Waals surface area contributed by atoms with Gasteiger partial charge < -0.3 is 5.32 Å². The standard InChI is InChI=1S/C10H13N.C8H16.C6H6.C2H2/c1-4-9-6-7-10(3,5-2)11-8-9;1-2-8-6-4-3-5-7-8;1-2-4-6-5-3-1;1-2/h1,6-8,11H,5H2,2-3H3;8H,2-7H2,1H3;1-6H;1-2H/t10-;;;/m1.../s1. The summed E-state index contributed by atoms with van der Waals surface area (Å²) in [5.41, 5.74) is 1.01. The van der Waals surface area contributed by atoms with Gasteiger partial charge in [0.1, 0.15) is 0 Å². The molecule has 0 saturated heterocycles. The molecule has 1 aromatic rings. The van der Waals surface area contributed by atoms with Gasteiger partial charge in [0, 0.05) is 11.8 Å². The Hall–Kier alpha value is -2.38. The van der Waals surface area contributed by atoms with Gasteiger partial charge in [0.2, 0.25) is 0 Å². The van der Waals surface area contributed by atoms with Crippen molar-refractivity contribution < 1.29 is 0 Å². The maximum Gasteiger partial charge on any atom is 0.0523 e. The monoisotopic (exact) mass is 363 g/mol. The first-order valence-electron chi connectivity index (χ1n) is 10.1. The summed E-state index contributed by atoms with van der Waals surface area (Å²) in [5.74, 6) is 3.66. The van der Waals surface area contributed by atoms with Crippen molar-refractivity contribution in [3.63, 3.8) is 0 Å². The second kappa shape index (κ2) is 15.8. The molecule has 2 aliphatic rings. The number of hydrogen-bond donors (Lipinski definition) is 1. The zero-order chi connectivity index (χ0) is 20.4. The molecule has 1 nitrogen and oxygen atoms in total. The van der Waals surface area contributed by atoms with Gasteiger partial charge in [-0.05, 0) is 25.3 Å². The topological polar surface area (TPSA) is 12.0 Å². The minimum absolute atomic E-state index is 0.0976. The summed E-state index contributed by atoms with van der Waals surface area (Å²) in [6.45, 7) is 6.61. The van der Waals surface area contributed by atoms with Crippen LogP contribution in [0.3, 0.4) is 0 Å². The van der Waals surface area contributed by atoms with Crippen molar-refractivity contribution >= 4 is 0 Å². The third kappa shape index (κ3) is 11.8. The number of benzene rings is 1. The quantitative estimate of drug-likeness (QED) is 0.573. The number of terminal acetylenes is 2. The molecule has 0 spiro atoms. The molecule has 0 amide bonds. The Bertz CT molecular complexity index is 555. The molecule has 1 aliphatic heterocycles. The summed E-state index contributed by atoms with van der Waals surface area (Å²) in [4.78, 5) is 0. The lowest BCUT2D eigenvalue weighted by atomic mass is 9.88. The summed E-state index contributed by atoms with van der Waals surface area (Å²) in [5, 5.41) is 3.25. The van der Waals surface area contributed by atoms with Crippen LogP contribution in [0.15, 0.2) is 60.3 Å². The number of rotatable bonds is 2. The fourth-order valence-corrected chi connectivity index (χ4v) is 2.90. The molecule has 0 radical (unpaired) electrons. The largest absolute Gasteiger partial charge is 0.381 e. The highest BCUT2D eigenvalue weighted by atomic mass is 14.9. The smallest absolute Gasteiger partial charge is 0.0523 e. The molecule has 1 saturated carbocycles. The molecule has 0 aromatic heterocycles. The molecule has 0 unspecified atom stereocenters. The van der Waals surface area contributed by atoms with E-state index >= 15 is 0 Å². The van der Waals surface area contributed by atoms with E-state index < -0.39 is 0 Å². The van der Waals surface area contributed by atoms with Crippen LogP contribution in [-0.4, -0.2) is 5.54 Å². The van der Waals surface area contributed by atoms with Gasteiger partial charge in [-0.25, -0.2) is 0 Å². The van der Waals surface area contributed by atoms with Crippen LogP contribution in [0.2, 0.25) is 0 Å². The molecule has 27 heavy (non-hydrogen) atoms. The lowest BCUT2D eigenvalue weighted by molar-refractivity contribution is 0.349. The van der Waals surface area contributed by atoms with Gasteiger partial charge >= 0.3 is 0 Å². The molecule has 0 bridgehead atoms. The zero-order valence-electron chi connectivity index (χ0n) is 17.5. The highest BCUT2D eigenvalue weighted by Gasteiger charge is 2.18. The summed E-state index contributed by atoms with van der Waals surface area (Å²) in [7, 11) is 0. The van der Waals surface area contributed by atoms with Gasteiger partial charge in [0.05, 0.1) is 5.54 Å². The third-order valence-electron chi connectivity index (χ3n) is 5.06. The van der Waals surface area contributed by atoms with E-state index in [1.165, 1.54) is 38.5 Å². The maximum absolute atomic E-state index is 5.22. The number of hydrogen-bond acceptors (Lipinski definition) is 1. The molecule has 1 aromatic carbocycles. The van der Waals surface area contributed by atoms with E-state index in [1.807, 2.05) is 48.7 Å². The van der Waals surface area contributed by atoms with Gasteiger partial charge in [-0.1, -0.05) is 101 Å². The predicted molar refractivity (Wildman–Crippen MR) is 121 cm³/mol. The summed E-state index contributed by atoms with van der Waals surface area (Å²) < 4.78 is 0. The van der Waals surface area contributed by atoms with E-state index in [0.29, 0.717) is 0 Å². The van der Waals surface area contributed by atoms with Crippen molar-refractivity contribution in [1.82, 2.24) is 5.32 Å². The minimum Gasteiger partial charge on any atom is -0.381 e. The van der Waals surface area contributed by atoms with Crippen molar-refractivity contribution in [2.75, 3.05) is 0 Å². The van der Waals surface area contributed by atoms with Crippen LogP contribution in [0.25, 0.3) is 0 Å². The highest BCUT2D eigenvalue weighted by Crippen LogP contribution is 2.25. The van der Waals surface area contributed by atoms with E-state index in [1.54, 1.807) is 0 Å². The molecule has 1 atom stereocenters. The fourth-order valence-electron chi connectivity index (χ4n) is 2.90. The number of allylic oxidation sites excluding steroid dienone is 2. The average Bonchev–Trinajstić information content (AvgIpc) is 2.78. The normalized spacial score (nSPS) is 20.5. The van der Waals surface area contributed by atoms with Gasteiger partial charge in [-0.15, -0.1) is 19.3 Å². The van der Waals surface area contributed by atoms with E-state index in [2.05, 4.69) is 50.9 Å². The summed E-state index contributed by atoms with van der Waals surface area (Å²) in [6.07, 6.45) is 29.2. The van der Waals surface area contributed by atoms with Crippen molar-refractivity contribution in [1.29, 1.82) is 0 Å². The molecule has 1 aliphatic carbocycles. The Morgan fingerprint density at radius 2 is 1.52 bits per heavy atom. The molecule has 1 N–H and O–H groups in total. The Kier molecular flexibility index (Phi) is 14.4. The molecule has 1 heteroatoms. The Morgan fingerprint density at radius 3 is 1.81 bits per heavy atom. The maximum atomic E-state index is 5.22. The van der Waals surface area contributed by atoms with Crippen LogP contribution < -0.4 is 5.32 Å². The van der Waals surface area contributed by atoms with Crippen LogP contribution in [0, 0.1) is 31.1 Å². The fraction of sp³-hybridized carbons (Fsp3) is 0.462. The molecule has 3 rings (SSSR count). The molecule has 1 fully saturated rings. The second-order valence-electron chi connectivity index (χ2n) is 7.06. The number of dihydropyridines is 1. The first kappa shape index (κ1) is 24.6. The zero-order valence-corrected chi connectivity index (χ0v) is 17.5. The lowest BCUT2D eigenvalue weighted by Crippen LogP contribution is -2.37. The highest BCUT2D eigenvalue weighted by molar-refractivity contribution is 5.39. The third-order valence-corrected chi connectivity index (χ3v) is 5.06. The van der Waals surface area contributed by atoms with Crippen LogP contribution in [0.1, 0.15) is 65.7 Å². The predicted octanol–water partition coefficient (Wildman–Crippen LogP) is 6.74. The van der Waals surface area contributed by atoms with E-state index in [9.17, 15) is 0 Å². The van der Waals surface area contributed by atoms with E-state index in [-0.39, 0.29) is 5.54 Å². The lowest BCUT2D eigenvalue weighted by Gasteiger charge is -2.27. The molecule has 146 valence electrons. The van der Waals surface area contributed by atoms with Gasteiger partial charge in [0.25, 0.3) is 0 Å². The molecular formula is C26H37N. The van der Waals surface area contributed by atoms with Gasteiger partial charge in [-0.2, -0.15) is 0 Å². The van der Waals surface area contributed by atoms with Gasteiger partial charge in [-0.3, -0.25) is 0 Å². The SMILES string of the molecule is C#C.C#CC1=CN[C@](C)(CC)C=C1.CCC1CCCCC1.c1ccccc1. The Labute approximate surface area is 168 Å². The van der Waals surface area contributed by atoms with Crippen LogP contribution in [0.5, 0.6) is 0 Å². The number of nitrogens with one attached hydrogen (secondary N) is 1. The Morgan fingerprint density at radius 1 is 1.00 bits per heavy atom. The van der Waals surface area contributed by atoms with Crippen LogP contribution in [0.4, 0.5) is 0 Å². The van der Waals surface area contributed by atoms with Crippen molar-refractivity contribution in [2.24, 2.45) is 5.92 Å². The first-order chi connectivity index (χ1) is 13.1. The molecular weight excluding hydrogens is 326 g/mol. The van der Waals surface area contributed by atoms with Crippen LogP contribution >= 0.6 is 0 Å². The van der Waals surface area contributed by atoms with Gasteiger partial charge in [0.15, 0.2) is 0 Å². The minimum atomic E-state index is 0.0976. The van der Waals surface area contributed by atoms with Crippen molar-refractivity contribution in [3.05, 3.63) is 60.3 Å².